The normalized spacial score (nSPS) is 12.7. The summed E-state index contributed by atoms with van der Waals surface area (Å²) in [5.74, 6) is -0.519. The molecule has 0 saturated carbocycles. The number of fused-ring (bicyclic) bond motifs is 1. The smallest absolute Gasteiger partial charge is 0.339 e. The Morgan fingerprint density at radius 1 is 1.25 bits per heavy atom. The molecule has 0 saturated heterocycles. The van der Waals surface area contributed by atoms with Gasteiger partial charge in [-0.25, -0.2) is 4.79 Å². The van der Waals surface area contributed by atoms with Crippen LogP contribution >= 0.6 is 0 Å². The first-order chi connectivity index (χ1) is 9.43. The molecule has 0 aliphatic rings. The third-order valence-electron chi connectivity index (χ3n) is 3.91. The van der Waals surface area contributed by atoms with Crippen LogP contribution in [0.2, 0.25) is 0 Å². The maximum Gasteiger partial charge on any atom is 0.339 e. The molecule has 4 nitrogen and oxygen atoms in total. The molecule has 1 atom stereocenters. The Morgan fingerprint density at radius 3 is 2.50 bits per heavy atom. The van der Waals surface area contributed by atoms with Crippen molar-refractivity contribution in [2.45, 2.75) is 26.8 Å². The van der Waals surface area contributed by atoms with Gasteiger partial charge in [0.05, 0.1) is 11.2 Å². The molecule has 2 aromatic rings. The van der Waals surface area contributed by atoms with Crippen molar-refractivity contribution >= 4 is 22.6 Å². The van der Waals surface area contributed by atoms with Crippen LogP contribution in [0.3, 0.4) is 0 Å². The topological polar surface area (TPSA) is 53.4 Å². The van der Waals surface area contributed by atoms with E-state index in [1.807, 2.05) is 36.2 Å². The number of aromatic carboxylic acids is 1. The Bertz CT molecular complexity index is 637. The third-order valence-corrected chi connectivity index (χ3v) is 3.91. The predicted octanol–water partition coefficient (Wildman–Crippen LogP) is 3.41. The van der Waals surface area contributed by atoms with Gasteiger partial charge in [-0.2, -0.15) is 0 Å². The molecule has 0 fully saturated rings. The number of hydrogen-bond acceptors (Lipinski definition) is 3. The number of rotatable bonds is 4. The zero-order valence-corrected chi connectivity index (χ0v) is 12.3. The van der Waals surface area contributed by atoms with Gasteiger partial charge in [0, 0.05) is 24.7 Å². The largest absolute Gasteiger partial charge is 0.478 e. The van der Waals surface area contributed by atoms with E-state index >= 15 is 0 Å². The summed E-state index contributed by atoms with van der Waals surface area (Å²) in [6, 6.07) is 7.88. The Hall–Kier alpha value is -2.10. The quantitative estimate of drug-likeness (QED) is 0.926. The minimum absolute atomic E-state index is 0.235. The zero-order chi connectivity index (χ0) is 14.9. The van der Waals surface area contributed by atoms with Gasteiger partial charge in [-0.15, -0.1) is 0 Å². The van der Waals surface area contributed by atoms with Crippen molar-refractivity contribution in [3.05, 3.63) is 36.0 Å². The van der Waals surface area contributed by atoms with Crippen molar-refractivity contribution in [3.63, 3.8) is 0 Å². The van der Waals surface area contributed by atoms with Gasteiger partial charge in [0.15, 0.2) is 0 Å². The van der Waals surface area contributed by atoms with Crippen molar-refractivity contribution in [3.8, 4) is 0 Å². The third kappa shape index (κ3) is 2.46. The van der Waals surface area contributed by atoms with E-state index in [4.69, 9.17) is 0 Å². The molecule has 106 valence electrons. The number of anilines is 1. The number of benzene rings is 1. The van der Waals surface area contributed by atoms with E-state index in [2.05, 4.69) is 25.8 Å². The van der Waals surface area contributed by atoms with E-state index in [1.54, 1.807) is 0 Å². The maximum absolute atomic E-state index is 11.5. The van der Waals surface area contributed by atoms with Gasteiger partial charge < -0.3 is 10.0 Å². The number of carbonyl (C=O) groups is 1. The fourth-order valence-corrected chi connectivity index (χ4v) is 2.31. The molecule has 20 heavy (non-hydrogen) atoms. The van der Waals surface area contributed by atoms with Crippen LogP contribution < -0.4 is 4.90 Å². The first kappa shape index (κ1) is 14.3. The molecule has 1 unspecified atom stereocenters. The highest BCUT2D eigenvalue weighted by molar-refractivity contribution is 6.04. The molecule has 0 aliphatic heterocycles. The van der Waals surface area contributed by atoms with Crippen LogP contribution in [0, 0.1) is 5.92 Å². The molecule has 0 spiro atoms. The first-order valence-corrected chi connectivity index (χ1v) is 6.77. The lowest BCUT2D eigenvalue weighted by molar-refractivity contribution is 0.0697. The van der Waals surface area contributed by atoms with Gasteiger partial charge in [0.2, 0.25) is 0 Å². The Labute approximate surface area is 119 Å². The van der Waals surface area contributed by atoms with E-state index in [-0.39, 0.29) is 11.6 Å². The van der Waals surface area contributed by atoms with Crippen LogP contribution in [0.1, 0.15) is 31.1 Å². The van der Waals surface area contributed by atoms with Crippen molar-refractivity contribution in [2.75, 3.05) is 11.9 Å². The molecular formula is C16H20N2O2. The zero-order valence-electron chi connectivity index (χ0n) is 12.3. The number of pyridine rings is 1. The standard InChI is InChI=1S/C16H20N2O2/c1-10(2)11(3)18(4)15-12-7-5-6-8-14(12)17-9-13(15)16(19)20/h5-11H,1-4H3,(H,19,20). The van der Waals surface area contributed by atoms with Gasteiger partial charge in [-0.1, -0.05) is 32.0 Å². The summed E-state index contributed by atoms with van der Waals surface area (Å²) in [4.78, 5) is 17.8. The van der Waals surface area contributed by atoms with Crippen LogP contribution in [0.15, 0.2) is 30.5 Å². The molecule has 0 aliphatic carbocycles. The maximum atomic E-state index is 11.5. The van der Waals surface area contributed by atoms with Gasteiger partial charge in [-0.05, 0) is 18.9 Å². The molecule has 1 aromatic heterocycles. The average Bonchev–Trinajstić information content (AvgIpc) is 2.44. The molecule has 0 amide bonds. The molecular weight excluding hydrogens is 252 g/mol. The molecule has 0 radical (unpaired) electrons. The van der Waals surface area contributed by atoms with Crippen LogP contribution in [-0.4, -0.2) is 29.1 Å². The van der Waals surface area contributed by atoms with Crippen molar-refractivity contribution < 1.29 is 9.90 Å². The van der Waals surface area contributed by atoms with Crippen LogP contribution in [0.5, 0.6) is 0 Å². The van der Waals surface area contributed by atoms with E-state index in [0.29, 0.717) is 5.92 Å². The van der Waals surface area contributed by atoms with E-state index in [9.17, 15) is 9.90 Å². The number of nitrogens with zero attached hydrogens (tertiary/aromatic N) is 2. The van der Waals surface area contributed by atoms with Crippen molar-refractivity contribution in [1.82, 2.24) is 4.98 Å². The van der Waals surface area contributed by atoms with Gasteiger partial charge in [0.1, 0.15) is 5.56 Å². The summed E-state index contributed by atoms with van der Waals surface area (Å²) < 4.78 is 0. The molecule has 1 heterocycles. The summed E-state index contributed by atoms with van der Waals surface area (Å²) in [7, 11) is 1.94. The number of hydrogen-bond donors (Lipinski definition) is 1. The molecule has 0 bridgehead atoms. The summed E-state index contributed by atoms with van der Waals surface area (Å²) in [5.41, 5.74) is 1.80. The highest BCUT2D eigenvalue weighted by Crippen LogP contribution is 2.31. The van der Waals surface area contributed by atoms with Crippen LogP contribution in [0.25, 0.3) is 10.9 Å². The fraction of sp³-hybridized carbons (Fsp3) is 0.375. The lowest BCUT2D eigenvalue weighted by atomic mass is 10.0. The summed E-state index contributed by atoms with van der Waals surface area (Å²) in [5, 5.41) is 10.3. The lowest BCUT2D eigenvalue weighted by Gasteiger charge is -2.31. The number of aromatic nitrogens is 1. The second kappa shape index (κ2) is 5.49. The Balaban J connectivity index is 2.69. The van der Waals surface area contributed by atoms with Gasteiger partial charge in [-0.3, -0.25) is 4.98 Å². The molecule has 1 N–H and O–H groups in total. The van der Waals surface area contributed by atoms with E-state index in [1.165, 1.54) is 6.20 Å². The first-order valence-electron chi connectivity index (χ1n) is 6.77. The second-order valence-corrected chi connectivity index (χ2v) is 5.44. The monoisotopic (exact) mass is 272 g/mol. The van der Waals surface area contributed by atoms with E-state index in [0.717, 1.165) is 16.6 Å². The highest BCUT2D eigenvalue weighted by atomic mass is 16.4. The Morgan fingerprint density at radius 2 is 1.90 bits per heavy atom. The van der Waals surface area contributed by atoms with Gasteiger partial charge >= 0.3 is 5.97 Å². The minimum atomic E-state index is -0.943. The predicted molar refractivity (Wildman–Crippen MR) is 81.4 cm³/mol. The second-order valence-electron chi connectivity index (χ2n) is 5.44. The minimum Gasteiger partial charge on any atom is -0.478 e. The average molecular weight is 272 g/mol. The summed E-state index contributed by atoms with van der Waals surface area (Å²) in [6.07, 6.45) is 1.45. The van der Waals surface area contributed by atoms with Crippen molar-refractivity contribution in [2.24, 2.45) is 5.92 Å². The van der Waals surface area contributed by atoms with Crippen LogP contribution in [0.4, 0.5) is 5.69 Å². The SMILES string of the molecule is CC(C)C(C)N(C)c1c(C(=O)O)cnc2ccccc12. The summed E-state index contributed by atoms with van der Waals surface area (Å²) in [6.45, 7) is 6.36. The fourth-order valence-electron chi connectivity index (χ4n) is 2.31. The number of para-hydroxylation sites is 1. The van der Waals surface area contributed by atoms with E-state index < -0.39 is 5.97 Å². The number of carboxylic acid groups (broad SMARTS) is 1. The number of carboxylic acids is 1. The van der Waals surface area contributed by atoms with Crippen LogP contribution in [-0.2, 0) is 0 Å². The van der Waals surface area contributed by atoms with Gasteiger partial charge in [0.25, 0.3) is 0 Å². The summed E-state index contributed by atoms with van der Waals surface area (Å²) >= 11 is 0. The lowest BCUT2D eigenvalue weighted by Crippen LogP contribution is -2.34. The van der Waals surface area contributed by atoms with Crippen molar-refractivity contribution in [1.29, 1.82) is 0 Å². The molecule has 1 aromatic carbocycles. The Kier molecular flexibility index (Phi) is 3.93. The molecule has 2 rings (SSSR count). The molecule has 4 heteroatoms. The highest BCUT2D eigenvalue weighted by Gasteiger charge is 2.22.